The fourth-order valence-corrected chi connectivity index (χ4v) is 2.71. The Balaban J connectivity index is 1.64. The van der Waals surface area contributed by atoms with E-state index in [2.05, 4.69) is 15.4 Å². The third-order valence-electron chi connectivity index (χ3n) is 4.26. The molecule has 1 fully saturated rings. The van der Waals surface area contributed by atoms with Crippen LogP contribution in [-0.2, 0) is 17.8 Å². The maximum atomic E-state index is 12.5. The second-order valence-electron chi connectivity index (χ2n) is 6.12. The molecule has 6 nitrogen and oxygen atoms in total. The normalized spacial score (nSPS) is 15.4. The van der Waals surface area contributed by atoms with E-state index in [0.29, 0.717) is 24.5 Å². The molecule has 1 amide bonds. The van der Waals surface area contributed by atoms with Gasteiger partial charge in [-0.25, -0.2) is 0 Å². The molecule has 0 spiro atoms. The number of aromatic nitrogens is 1. The fourth-order valence-electron chi connectivity index (χ4n) is 2.71. The van der Waals surface area contributed by atoms with Gasteiger partial charge >= 0.3 is 0 Å². The number of ether oxygens (including phenoxy) is 1. The van der Waals surface area contributed by atoms with Crippen LogP contribution in [-0.4, -0.2) is 42.3 Å². The number of amides is 1. The van der Waals surface area contributed by atoms with Crippen molar-refractivity contribution in [1.29, 1.82) is 0 Å². The molecule has 3 rings (SSSR count). The van der Waals surface area contributed by atoms with Crippen molar-refractivity contribution in [3.05, 3.63) is 52.4 Å². The first-order valence-corrected chi connectivity index (χ1v) is 8.22. The molecule has 2 aromatic rings. The van der Waals surface area contributed by atoms with E-state index in [1.807, 2.05) is 38.1 Å². The van der Waals surface area contributed by atoms with Crippen molar-refractivity contribution in [3.8, 4) is 0 Å². The third-order valence-corrected chi connectivity index (χ3v) is 4.26. The minimum Gasteiger partial charge on any atom is -0.379 e. The molecule has 0 unspecified atom stereocenters. The fraction of sp³-hybridized carbons (Fsp3) is 0.444. The molecule has 0 bridgehead atoms. The van der Waals surface area contributed by atoms with Gasteiger partial charge in [0.2, 0.25) is 0 Å². The monoisotopic (exact) mass is 329 g/mol. The largest absolute Gasteiger partial charge is 0.379 e. The van der Waals surface area contributed by atoms with E-state index in [1.54, 1.807) is 0 Å². The first kappa shape index (κ1) is 16.7. The van der Waals surface area contributed by atoms with Crippen molar-refractivity contribution < 1.29 is 14.1 Å². The standard InChI is InChI=1S/C18H23N3O3/c1-13-3-5-15(6-4-13)11-19-18(22)17-16(14(2)24-20-17)12-21-7-9-23-10-8-21/h3-6H,7-12H2,1-2H3,(H,19,22). The van der Waals surface area contributed by atoms with Gasteiger partial charge in [-0.2, -0.15) is 0 Å². The number of hydrogen-bond donors (Lipinski definition) is 1. The third kappa shape index (κ3) is 4.01. The summed E-state index contributed by atoms with van der Waals surface area (Å²) in [5, 5.41) is 6.88. The average molecular weight is 329 g/mol. The van der Waals surface area contributed by atoms with Crippen molar-refractivity contribution in [3.63, 3.8) is 0 Å². The van der Waals surface area contributed by atoms with Crippen LogP contribution in [0.5, 0.6) is 0 Å². The predicted octanol–water partition coefficient (Wildman–Crippen LogP) is 2.05. The number of benzene rings is 1. The first-order chi connectivity index (χ1) is 11.6. The van der Waals surface area contributed by atoms with E-state index in [1.165, 1.54) is 5.56 Å². The topological polar surface area (TPSA) is 67.6 Å². The van der Waals surface area contributed by atoms with Crippen LogP contribution in [0.15, 0.2) is 28.8 Å². The van der Waals surface area contributed by atoms with Gasteiger partial charge in [0.05, 0.1) is 13.2 Å². The van der Waals surface area contributed by atoms with Crippen LogP contribution >= 0.6 is 0 Å². The summed E-state index contributed by atoms with van der Waals surface area (Å²) in [5.74, 6) is 0.498. The SMILES string of the molecule is Cc1ccc(CNC(=O)c2noc(C)c2CN2CCOCC2)cc1. The minimum absolute atomic E-state index is 0.198. The molecule has 128 valence electrons. The smallest absolute Gasteiger partial charge is 0.274 e. The lowest BCUT2D eigenvalue weighted by Crippen LogP contribution is -2.36. The molecular weight excluding hydrogens is 306 g/mol. The van der Waals surface area contributed by atoms with Crippen LogP contribution in [0.4, 0.5) is 0 Å². The molecule has 24 heavy (non-hydrogen) atoms. The summed E-state index contributed by atoms with van der Waals surface area (Å²) in [6, 6.07) is 8.09. The van der Waals surface area contributed by atoms with Crippen molar-refractivity contribution in [2.45, 2.75) is 26.9 Å². The van der Waals surface area contributed by atoms with E-state index >= 15 is 0 Å². The molecule has 1 aromatic carbocycles. The molecule has 1 saturated heterocycles. The highest BCUT2D eigenvalue weighted by Crippen LogP contribution is 2.17. The summed E-state index contributed by atoms with van der Waals surface area (Å²) in [6.45, 7) is 8.18. The molecule has 6 heteroatoms. The maximum Gasteiger partial charge on any atom is 0.274 e. The van der Waals surface area contributed by atoms with Gasteiger partial charge in [-0.15, -0.1) is 0 Å². The van der Waals surface area contributed by atoms with E-state index in [9.17, 15) is 4.79 Å². The number of carbonyl (C=O) groups is 1. The zero-order valence-corrected chi connectivity index (χ0v) is 14.2. The molecule has 1 N–H and O–H groups in total. The summed E-state index contributed by atoms with van der Waals surface area (Å²) in [6.07, 6.45) is 0. The van der Waals surface area contributed by atoms with Crippen LogP contribution in [0.1, 0.15) is 32.9 Å². The number of nitrogens with one attached hydrogen (secondary N) is 1. The Labute approximate surface area is 141 Å². The molecular formula is C18H23N3O3. The summed E-state index contributed by atoms with van der Waals surface area (Å²) < 4.78 is 10.6. The molecule has 2 heterocycles. The van der Waals surface area contributed by atoms with Crippen LogP contribution in [0.25, 0.3) is 0 Å². The Morgan fingerprint density at radius 2 is 1.92 bits per heavy atom. The quantitative estimate of drug-likeness (QED) is 0.909. The van der Waals surface area contributed by atoms with E-state index in [-0.39, 0.29) is 5.91 Å². The number of morpholine rings is 1. The Bertz CT molecular complexity index is 688. The van der Waals surface area contributed by atoms with Gasteiger partial charge in [0, 0.05) is 31.7 Å². The second kappa shape index (κ2) is 7.59. The summed E-state index contributed by atoms with van der Waals surface area (Å²) >= 11 is 0. The molecule has 1 aromatic heterocycles. The van der Waals surface area contributed by atoms with Crippen LogP contribution < -0.4 is 5.32 Å². The summed E-state index contributed by atoms with van der Waals surface area (Å²) in [7, 11) is 0. The van der Waals surface area contributed by atoms with E-state index in [0.717, 1.165) is 37.4 Å². The summed E-state index contributed by atoms with van der Waals surface area (Å²) in [5.41, 5.74) is 3.50. The number of carbonyl (C=O) groups excluding carboxylic acids is 1. The minimum atomic E-state index is -0.198. The van der Waals surface area contributed by atoms with E-state index < -0.39 is 0 Å². The molecule has 0 aliphatic carbocycles. The highest BCUT2D eigenvalue weighted by atomic mass is 16.5. The van der Waals surface area contributed by atoms with Gasteiger partial charge < -0.3 is 14.6 Å². The summed E-state index contributed by atoms with van der Waals surface area (Å²) in [4.78, 5) is 14.7. The zero-order valence-electron chi connectivity index (χ0n) is 14.2. The number of hydrogen-bond acceptors (Lipinski definition) is 5. The molecule has 1 aliphatic heterocycles. The molecule has 1 aliphatic rings. The van der Waals surface area contributed by atoms with Gasteiger partial charge in [0.1, 0.15) is 5.76 Å². The predicted molar refractivity (Wildman–Crippen MR) is 89.7 cm³/mol. The number of rotatable bonds is 5. The van der Waals surface area contributed by atoms with Crippen molar-refractivity contribution in [2.24, 2.45) is 0 Å². The van der Waals surface area contributed by atoms with E-state index in [4.69, 9.17) is 9.26 Å². The van der Waals surface area contributed by atoms with Crippen LogP contribution in [0.3, 0.4) is 0 Å². The van der Waals surface area contributed by atoms with Crippen molar-refractivity contribution in [1.82, 2.24) is 15.4 Å². The first-order valence-electron chi connectivity index (χ1n) is 8.22. The highest BCUT2D eigenvalue weighted by Gasteiger charge is 2.22. The van der Waals surface area contributed by atoms with Gasteiger partial charge in [-0.05, 0) is 19.4 Å². The lowest BCUT2D eigenvalue weighted by Gasteiger charge is -2.26. The zero-order chi connectivity index (χ0) is 16.9. The number of aryl methyl sites for hydroxylation is 2. The molecule has 0 radical (unpaired) electrons. The maximum absolute atomic E-state index is 12.5. The van der Waals surface area contributed by atoms with Crippen LogP contribution in [0, 0.1) is 13.8 Å². The lowest BCUT2D eigenvalue weighted by atomic mass is 10.1. The molecule has 0 atom stereocenters. The average Bonchev–Trinajstić information content (AvgIpc) is 2.96. The highest BCUT2D eigenvalue weighted by molar-refractivity contribution is 5.93. The van der Waals surface area contributed by atoms with Gasteiger partial charge in [0.25, 0.3) is 5.91 Å². The van der Waals surface area contributed by atoms with Crippen LogP contribution in [0.2, 0.25) is 0 Å². The van der Waals surface area contributed by atoms with Gasteiger partial charge in [0.15, 0.2) is 5.69 Å². The molecule has 0 saturated carbocycles. The lowest BCUT2D eigenvalue weighted by molar-refractivity contribution is 0.0339. The van der Waals surface area contributed by atoms with Gasteiger partial charge in [-0.1, -0.05) is 35.0 Å². The Morgan fingerprint density at radius 1 is 1.21 bits per heavy atom. The van der Waals surface area contributed by atoms with Crippen molar-refractivity contribution >= 4 is 5.91 Å². The van der Waals surface area contributed by atoms with Crippen molar-refractivity contribution in [2.75, 3.05) is 26.3 Å². The Hall–Kier alpha value is -2.18. The Morgan fingerprint density at radius 3 is 2.62 bits per heavy atom. The second-order valence-corrected chi connectivity index (χ2v) is 6.12. The Kier molecular flexibility index (Phi) is 5.27. The number of nitrogens with zero attached hydrogens (tertiary/aromatic N) is 2. The van der Waals surface area contributed by atoms with Gasteiger partial charge in [-0.3, -0.25) is 9.69 Å².